The molecule has 0 fully saturated rings. The van der Waals surface area contributed by atoms with Gasteiger partial charge in [-0.1, -0.05) is 48.0 Å². The Bertz CT molecular complexity index is 1780. The largest absolute Gasteiger partial charge is 0.310 e. The molecule has 212 valence electrons. The molecule has 0 N–H and O–H groups in total. The van der Waals surface area contributed by atoms with Crippen LogP contribution in [0.2, 0.25) is 5.15 Å². The molecule has 0 aliphatic carbocycles. The van der Waals surface area contributed by atoms with Crippen LogP contribution >= 0.6 is 11.6 Å². The molecule has 0 amide bonds. The summed E-state index contributed by atoms with van der Waals surface area (Å²) in [4.78, 5) is 45.6. The molecule has 0 unspecified atom stereocenters. The Morgan fingerprint density at radius 2 is 1.74 bits per heavy atom. The van der Waals surface area contributed by atoms with Gasteiger partial charge in [-0.2, -0.15) is 0 Å². The van der Waals surface area contributed by atoms with Crippen LogP contribution in [0.25, 0.3) is 17.0 Å². The van der Waals surface area contributed by atoms with Crippen LogP contribution in [-0.4, -0.2) is 49.3 Å². The molecule has 0 saturated carbocycles. The quantitative estimate of drug-likeness (QED) is 0.148. The van der Waals surface area contributed by atoms with Crippen LogP contribution in [0, 0.1) is 0 Å². The van der Waals surface area contributed by atoms with Crippen LogP contribution < -0.4 is 5.56 Å². The van der Waals surface area contributed by atoms with Gasteiger partial charge in [-0.25, -0.2) is 15.0 Å². The van der Waals surface area contributed by atoms with E-state index in [1.54, 1.807) is 42.9 Å². The zero-order chi connectivity index (χ0) is 29.5. The molecule has 0 bridgehead atoms. The number of aromatic nitrogens is 5. The summed E-state index contributed by atoms with van der Waals surface area (Å²) >= 11 is 5.84. The minimum absolute atomic E-state index is 0.175. The second kappa shape index (κ2) is 13.4. The third-order valence-electron chi connectivity index (χ3n) is 6.71. The maximum atomic E-state index is 12.9. The Morgan fingerprint density at radius 1 is 0.952 bits per heavy atom. The van der Waals surface area contributed by atoms with Crippen molar-refractivity contribution in [2.75, 3.05) is 14.1 Å². The van der Waals surface area contributed by atoms with Crippen LogP contribution in [0.3, 0.4) is 0 Å². The Morgan fingerprint density at radius 3 is 2.50 bits per heavy atom. The summed E-state index contributed by atoms with van der Waals surface area (Å²) in [6.45, 7) is 1.22. The minimum Gasteiger partial charge on any atom is -0.310 e. The molecule has 5 aromatic rings. The van der Waals surface area contributed by atoms with Crippen molar-refractivity contribution >= 4 is 34.4 Å². The second-order valence-corrected chi connectivity index (χ2v) is 10.8. The lowest BCUT2D eigenvalue weighted by Crippen LogP contribution is -2.26. The number of benzene rings is 1. The molecule has 9 heteroatoms. The number of carbonyl (C=O) groups excluding carboxylic acids is 1. The first kappa shape index (κ1) is 29.0. The van der Waals surface area contributed by atoms with E-state index in [0.29, 0.717) is 24.5 Å². The fourth-order valence-corrected chi connectivity index (χ4v) is 4.71. The smallest absolute Gasteiger partial charge is 0.261 e. The van der Waals surface area contributed by atoms with Crippen LogP contribution in [0.15, 0.2) is 90.3 Å². The van der Waals surface area contributed by atoms with E-state index in [9.17, 15) is 9.59 Å². The van der Waals surface area contributed by atoms with E-state index in [0.717, 1.165) is 40.1 Å². The van der Waals surface area contributed by atoms with Crippen molar-refractivity contribution in [2.24, 2.45) is 0 Å². The van der Waals surface area contributed by atoms with E-state index in [2.05, 4.69) is 63.2 Å². The van der Waals surface area contributed by atoms with Crippen LogP contribution in [0.4, 0.5) is 0 Å². The van der Waals surface area contributed by atoms with E-state index in [1.807, 2.05) is 24.4 Å². The van der Waals surface area contributed by atoms with Gasteiger partial charge in [-0.3, -0.25) is 14.6 Å². The van der Waals surface area contributed by atoms with Crippen molar-refractivity contribution in [3.8, 4) is 0 Å². The molecule has 4 heterocycles. The first-order valence-electron chi connectivity index (χ1n) is 13.7. The third-order valence-corrected chi connectivity index (χ3v) is 6.93. The first-order valence-corrected chi connectivity index (χ1v) is 14.1. The highest BCUT2D eigenvalue weighted by Gasteiger charge is 2.12. The Kier molecular flexibility index (Phi) is 9.26. The Balaban J connectivity index is 1.17. The molecule has 0 aliphatic heterocycles. The summed E-state index contributed by atoms with van der Waals surface area (Å²) in [7, 11) is 4.11. The van der Waals surface area contributed by atoms with Crippen LogP contribution in [0.1, 0.15) is 51.4 Å². The summed E-state index contributed by atoms with van der Waals surface area (Å²) < 4.78 is 1.50. The molecule has 5 rings (SSSR count). The molecule has 42 heavy (non-hydrogen) atoms. The van der Waals surface area contributed by atoms with E-state index in [-0.39, 0.29) is 23.3 Å². The molecule has 8 nitrogen and oxygen atoms in total. The van der Waals surface area contributed by atoms with Crippen molar-refractivity contribution < 1.29 is 4.79 Å². The number of Topliss-reactive ketones (excluding diaryl/α,β-unsaturated/α-hetero) is 1. The SMILES string of the molecule is CN(C)Cc1ccc(Cc2ncc3cc(/C=C/CCC(=O)c4cccn(Cc5ccc(Cl)nc5)c4=O)ncc3n2)cc1. The summed E-state index contributed by atoms with van der Waals surface area (Å²) in [5.74, 6) is 0.546. The Labute approximate surface area is 249 Å². The number of pyridine rings is 3. The van der Waals surface area contributed by atoms with Gasteiger partial charge in [-0.15, -0.1) is 0 Å². The lowest BCUT2D eigenvalue weighted by Gasteiger charge is -2.10. The van der Waals surface area contributed by atoms with Gasteiger partial charge in [-0.05, 0) is 67.5 Å². The number of halogens is 1. The van der Waals surface area contributed by atoms with Crippen molar-refractivity contribution in [2.45, 2.75) is 32.4 Å². The third kappa shape index (κ3) is 7.60. The van der Waals surface area contributed by atoms with Gasteiger partial charge in [0.05, 0.1) is 29.5 Å². The average molecular weight is 579 g/mol. The summed E-state index contributed by atoms with van der Waals surface area (Å²) in [5.41, 5.74) is 4.64. The van der Waals surface area contributed by atoms with Crippen molar-refractivity contribution in [1.82, 2.24) is 29.4 Å². The first-order chi connectivity index (χ1) is 20.3. The van der Waals surface area contributed by atoms with Gasteiger partial charge in [0, 0.05) is 43.4 Å². The number of hydrogen-bond donors (Lipinski definition) is 0. The van der Waals surface area contributed by atoms with Crippen molar-refractivity contribution in [3.05, 3.63) is 135 Å². The molecule has 0 atom stereocenters. The highest BCUT2D eigenvalue weighted by atomic mass is 35.5. The maximum Gasteiger partial charge on any atom is 0.261 e. The minimum atomic E-state index is -0.321. The molecule has 1 aromatic carbocycles. The summed E-state index contributed by atoms with van der Waals surface area (Å²) in [6.07, 6.45) is 12.0. The number of carbonyl (C=O) groups is 1. The fraction of sp³-hybridized carbons (Fsp3) is 0.212. The van der Waals surface area contributed by atoms with Gasteiger partial charge < -0.3 is 9.47 Å². The van der Waals surface area contributed by atoms with Crippen LogP contribution in [0.5, 0.6) is 0 Å². The maximum absolute atomic E-state index is 12.9. The number of fused-ring (bicyclic) bond motifs is 1. The van der Waals surface area contributed by atoms with Gasteiger partial charge in [0.2, 0.25) is 0 Å². The molecular formula is C33H31ClN6O2. The standard InChI is InChI=1S/C33H31ClN6O2/c1-39(2)21-24-11-9-23(10-12-24)16-32-37-19-26-17-27(35-20-29(26)38-32)6-3-4-8-30(41)28-7-5-15-40(33(28)42)22-25-13-14-31(34)36-18-25/h3,5-7,9-15,17-20H,4,8,16,21-22H2,1-2H3/b6-3+. The lowest BCUT2D eigenvalue weighted by molar-refractivity contribution is 0.0981. The summed E-state index contributed by atoms with van der Waals surface area (Å²) in [6, 6.07) is 17.2. The molecule has 0 aliphatic rings. The highest BCUT2D eigenvalue weighted by molar-refractivity contribution is 6.29. The average Bonchev–Trinajstić information content (AvgIpc) is 2.98. The van der Waals surface area contributed by atoms with Crippen molar-refractivity contribution in [1.29, 1.82) is 0 Å². The molecule has 0 saturated heterocycles. The zero-order valence-corrected chi connectivity index (χ0v) is 24.3. The normalized spacial score (nSPS) is 11.5. The number of allylic oxidation sites excluding steroid dienone is 1. The summed E-state index contributed by atoms with van der Waals surface area (Å²) in [5, 5.41) is 1.28. The zero-order valence-electron chi connectivity index (χ0n) is 23.6. The second-order valence-electron chi connectivity index (χ2n) is 10.4. The predicted molar refractivity (Wildman–Crippen MR) is 166 cm³/mol. The van der Waals surface area contributed by atoms with E-state index < -0.39 is 0 Å². The number of nitrogens with zero attached hydrogens (tertiary/aromatic N) is 6. The van der Waals surface area contributed by atoms with Gasteiger partial charge >= 0.3 is 0 Å². The van der Waals surface area contributed by atoms with E-state index in [1.165, 1.54) is 10.1 Å². The monoisotopic (exact) mass is 578 g/mol. The molecule has 0 radical (unpaired) electrons. The number of rotatable bonds is 11. The lowest BCUT2D eigenvalue weighted by atomic mass is 10.1. The van der Waals surface area contributed by atoms with E-state index in [4.69, 9.17) is 11.6 Å². The van der Waals surface area contributed by atoms with Crippen LogP contribution in [-0.2, 0) is 19.5 Å². The van der Waals surface area contributed by atoms with Crippen molar-refractivity contribution in [3.63, 3.8) is 0 Å². The molecular weight excluding hydrogens is 548 g/mol. The van der Waals surface area contributed by atoms with Gasteiger partial charge in [0.25, 0.3) is 5.56 Å². The van der Waals surface area contributed by atoms with Gasteiger partial charge in [0.1, 0.15) is 11.0 Å². The number of ketones is 1. The van der Waals surface area contributed by atoms with Gasteiger partial charge in [0.15, 0.2) is 5.78 Å². The molecule has 0 spiro atoms. The predicted octanol–water partition coefficient (Wildman–Crippen LogP) is 5.61. The number of hydrogen-bond acceptors (Lipinski definition) is 7. The fourth-order valence-electron chi connectivity index (χ4n) is 4.60. The topological polar surface area (TPSA) is 93.9 Å². The Hall–Kier alpha value is -4.53. The highest BCUT2D eigenvalue weighted by Crippen LogP contribution is 2.15. The van der Waals surface area contributed by atoms with E-state index >= 15 is 0 Å². The molecule has 4 aromatic heterocycles.